The van der Waals surface area contributed by atoms with E-state index in [9.17, 15) is 4.79 Å². The van der Waals surface area contributed by atoms with Gasteiger partial charge in [-0.25, -0.2) is 5.43 Å². The molecule has 2 unspecified atom stereocenters. The van der Waals surface area contributed by atoms with Crippen molar-refractivity contribution in [2.75, 3.05) is 6.61 Å². The van der Waals surface area contributed by atoms with Crippen LogP contribution in [-0.4, -0.2) is 28.5 Å². The first-order valence-electron chi connectivity index (χ1n) is 10.0. The van der Waals surface area contributed by atoms with E-state index in [1.54, 1.807) is 0 Å². The zero-order chi connectivity index (χ0) is 19.3. The minimum atomic E-state index is -0.167. The third kappa shape index (κ3) is 4.04. The van der Waals surface area contributed by atoms with Gasteiger partial charge in [0.15, 0.2) is 0 Å². The number of amides is 1. The van der Waals surface area contributed by atoms with Crippen LogP contribution in [0.1, 0.15) is 43.4 Å². The van der Waals surface area contributed by atoms with Gasteiger partial charge in [-0.3, -0.25) is 4.79 Å². The van der Waals surface area contributed by atoms with E-state index < -0.39 is 0 Å². The van der Waals surface area contributed by atoms with E-state index >= 15 is 0 Å². The van der Waals surface area contributed by atoms with Gasteiger partial charge in [0.25, 0.3) is 5.91 Å². The molecule has 0 saturated carbocycles. The minimum absolute atomic E-state index is 0.125. The van der Waals surface area contributed by atoms with Crippen LogP contribution in [0.2, 0.25) is 0 Å². The molecule has 1 fully saturated rings. The molecular weight excluding hydrogens is 350 g/mol. The van der Waals surface area contributed by atoms with Gasteiger partial charge in [-0.2, -0.15) is 0 Å². The smallest absolute Gasteiger partial charge is 0.251 e. The van der Waals surface area contributed by atoms with Gasteiger partial charge < -0.3 is 14.6 Å². The molecule has 2 aliphatic heterocycles. The van der Waals surface area contributed by atoms with Crippen LogP contribution in [0.5, 0.6) is 5.75 Å². The van der Waals surface area contributed by atoms with E-state index in [0.29, 0.717) is 6.54 Å². The predicted octanol–water partition coefficient (Wildman–Crippen LogP) is 4.00. The van der Waals surface area contributed by atoms with Gasteiger partial charge in [0, 0.05) is 12.4 Å². The van der Waals surface area contributed by atoms with Crippen LogP contribution in [0.15, 0.2) is 67.0 Å². The molecule has 1 amide bonds. The van der Waals surface area contributed by atoms with Crippen molar-refractivity contribution >= 4 is 5.91 Å². The van der Waals surface area contributed by atoms with Crippen molar-refractivity contribution in [1.29, 1.82) is 0 Å². The normalized spacial score (nSPS) is 21.1. The highest BCUT2D eigenvalue weighted by atomic mass is 16.5. The standard InChI is InChI=1S/C23H27N3O2/c1-2-3-15-28-20-11-9-19(10-12-20)21-16-22-23(27)25(13-14-26(22)24-21)17-18-7-5-4-6-8-18/h4-14,21-22,24H,2-3,15-17H2,1H3. The Morgan fingerprint density at radius 3 is 2.61 bits per heavy atom. The average Bonchev–Trinajstić information content (AvgIpc) is 3.17. The maximum Gasteiger partial charge on any atom is 0.251 e. The highest BCUT2D eigenvalue weighted by molar-refractivity contribution is 5.84. The zero-order valence-electron chi connectivity index (χ0n) is 16.3. The van der Waals surface area contributed by atoms with Gasteiger partial charge in [-0.15, -0.1) is 0 Å². The summed E-state index contributed by atoms with van der Waals surface area (Å²) in [6.07, 6.45) is 6.79. The monoisotopic (exact) mass is 377 g/mol. The van der Waals surface area contributed by atoms with Crippen LogP contribution >= 0.6 is 0 Å². The fraction of sp³-hybridized carbons (Fsp3) is 0.348. The molecule has 1 saturated heterocycles. The quantitative estimate of drug-likeness (QED) is 0.741. The maximum atomic E-state index is 13.0. The Bertz CT molecular complexity index is 820. The Morgan fingerprint density at radius 2 is 1.86 bits per heavy atom. The fourth-order valence-electron chi connectivity index (χ4n) is 3.70. The number of fused-ring (bicyclic) bond motifs is 1. The summed E-state index contributed by atoms with van der Waals surface area (Å²) >= 11 is 0. The Hall–Kier alpha value is -2.79. The third-order valence-corrected chi connectivity index (χ3v) is 5.32. The molecule has 28 heavy (non-hydrogen) atoms. The first-order chi connectivity index (χ1) is 13.7. The molecule has 2 aromatic carbocycles. The highest BCUT2D eigenvalue weighted by Crippen LogP contribution is 2.32. The van der Waals surface area contributed by atoms with Crippen LogP contribution in [-0.2, 0) is 11.3 Å². The lowest BCUT2D eigenvalue weighted by molar-refractivity contribution is -0.134. The molecule has 0 spiro atoms. The number of hydrazine groups is 1. The lowest BCUT2D eigenvalue weighted by Crippen LogP contribution is -2.47. The number of unbranched alkanes of at least 4 members (excludes halogenated alkanes) is 1. The first-order valence-corrected chi connectivity index (χ1v) is 10.0. The van der Waals surface area contributed by atoms with E-state index in [1.165, 1.54) is 5.56 Å². The number of carbonyl (C=O) groups is 1. The topological polar surface area (TPSA) is 44.8 Å². The van der Waals surface area contributed by atoms with E-state index in [-0.39, 0.29) is 18.0 Å². The van der Waals surface area contributed by atoms with E-state index in [4.69, 9.17) is 4.74 Å². The molecule has 0 aromatic heterocycles. The van der Waals surface area contributed by atoms with Crippen molar-refractivity contribution in [2.24, 2.45) is 0 Å². The predicted molar refractivity (Wildman–Crippen MR) is 109 cm³/mol. The van der Waals surface area contributed by atoms with Crippen molar-refractivity contribution in [3.8, 4) is 5.75 Å². The van der Waals surface area contributed by atoms with Gasteiger partial charge in [0.05, 0.1) is 19.2 Å². The fourth-order valence-corrected chi connectivity index (χ4v) is 3.70. The number of ether oxygens (including phenoxy) is 1. The number of hydrogen-bond acceptors (Lipinski definition) is 4. The molecule has 2 aliphatic rings. The maximum absolute atomic E-state index is 13.0. The molecule has 2 aromatic rings. The molecule has 0 bridgehead atoms. The average molecular weight is 377 g/mol. The van der Waals surface area contributed by atoms with Crippen molar-refractivity contribution in [3.63, 3.8) is 0 Å². The summed E-state index contributed by atoms with van der Waals surface area (Å²) in [7, 11) is 0. The number of rotatable bonds is 7. The van der Waals surface area contributed by atoms with Crippen LogP contribution in [0.25, 0.3) is 0 Å². The molecule has 1 N–H and O–H groups in total. The van der Waals surface area contributed by atoms with E-state index in [1.807, 2.05) is 64.8 Å². The number of benzene rings is 2. The van der Waals surface area contributed by atoms with Crippen molar-refractivity contribution in [1.82, 2.24) is 15.3 Å². The molecule has 146 valence electrons. The third-order valence-electron chi connectivity index (χ3n) is 5.32. The number of nitrogens with zero attached hydrogens (tertiary/aromatic N) is 2. The van der Waals surface area contributed by atoms with Crippen LogP contribution in [0.4, 0.5) is 0 Å². The summed E-state index contributed by atoms with van der Waals surface area (Å²) in [5, 5.41) is 1.94. The summed E-state index contributed by atoms with van der Waals surface area (Å²) in [5.41, 5.74) is 5.76. The second-order valence-corrected chi connectivity index (χ2v) is 7.36. The lowest BCUT2D eigenvalue weighted by atomic mass is 10.0. The van der Waals surface area contributed by atoms with Crippen molar-refractivity contribution < 1.29 is 9.53 Å². The van der Waals surface area contributed by atoms with E-state index in [0.717, 1.165) is 37.2 Å². The number of nitrogens with one attached hydrogen (secondary N) is 1. The molecule has 0 radical (unpaired) electrons. The van der Waals surface area contributed by atoms with Gasteiger partial charge >= 0.3 is 0 Å². The molecular formula is C23H27N3O2. The SMILES string of the molecule is CCCCOc1ccc(C2CC3C(=O)N(Cc4ccccc4)C=CN3N2)cc1. The largest absolute Gasteiger partial charge is 0.494 e. The highest BCUT2D eigenvalue weighted by Gasteiger charge is 2.39. The van der Waals surface area contributed by atoms with Crippen LogP contribution in [0, 0.1) is 0 Å². The molecule has 0 aliphatic carbocycles. The Kier molecular flexibility index (Phi) is 5.63. The second-order valence-electron chi connectivity index (χ2n) is 7.36. The molecule has 2 atom stereocenters. The minimum Gasteiger partial charge on any atom is -0.494 e. The van der Waals surface area contributed by atoms with Gasteiger partial charge in [0.2, 0.25) is 0 Å². The molecule has 5 nitrogen and oxygen atoms in total. The molecule has 5 heteroatoms. The summed E-state index contributed by atoms with van der Waals surface area (Å²) in [4.78, 5) is 14.8. The van der Waals surface area contributed by atoms with E-state index in [2.05, 4.69) is 24.5 Å². The summed E-state index contributed by atoms with van der Waals surface area (Å²) in [6, 6.07) is 18.3. The summed E-state index contributed by atoms with van der Waals surface area (Å²) < 4.78 is 5.74. The molecule has 4 rings (SSSR count). The Morgan fingerprint density at radius 1 is 1.07 bits per heavy atom. The van der Waals surface area contributed by atoms with Gasteiger partial charge in [-0.05, 0) is 36.1 Å². The van der Waals surface area contributed by atoms with Crippen LogP contribution in [0.3, 0.4) is 0 Å². The van der Waals surface area contributed by atoms with Crippen molar-refractivity contribution in [3.05, 3.63) is 78.1 Å². The molecule has 2 heterocycles. The first kappa shape index (κ1) is 18.6. The second kappa shape index (κ2) is 8.48. The van der Waals surface area contributed by atoms with Crippen LogP contribution < -0.4 is 10.2 Å². The van der Waals surface area contributed by atoms with Gasteiger partial charge in [-0.1, -0.05) is 55.8 Å². The Balaban J connectivity index is 1.38. The Labute approximate surface area is 166 Å². The van der Waals surface area contributed by atoms with Gasteiger partial charge in [0.1, 0.15) is 11.8 Å². The number of carbonyl (C=O) groups excluding carboxylic acids is 1. The van der Waals surface area contributed by atoms with Crippen molar-refractivity contribution in [2.45, 2.75) is 44.8 Å². The summed E-state index contributed by atoms with van der Waals surface area (Å²) in [5.74, 6) is 1.04. The lowest BCUT2D eigenvalue weighted by Gasteiger charge is -2.31. The zero-order valence-corrected chi connectivity index (χ0v) is 16.3. The summed E-state index contributed by atoms with van der Waals surface area (Å²) in [6.45, 7) is 3.52. The number of hydrogen-bond donors (Lipinski definition) is 1.